The summed E-state index contributed by atoms with van der Waals surface area (Å²) >= 11 is 0. The fourth-order valence-corrected chi connectivity index (χ4v) is 4.10. The molecule has 2 unspecified atom stereocenters. The van der Waals surface area contributed by atoms with Crippen molar-refractivity contribution in [2.75, 3.05) is 13.1 Å². The maximum Gasteiger partial charge on any atom is 0.224 e. The lowest BCUT2D eigenvalue weighted by atomic mass is 9.91. The molecule has 0 radical (unpaired) electrons. The van der Waals surface area contributed by atoms with E-state index in [9.17, 15) is 4.79 Å². The number of hydrogen-bond donors (Lipinski definition) is 2. The Balaban J connectivity index is 1.38. The van der Waals surface area contributed by atoms with Crippen LogP contribution in [-0.4, -0.2) is 24.0 Å². The SMILES string of the molecule is CC(NC(=O)C1CC12CCNCC2)c1ccc(-c2ccncc2)cc1. The second kappa shape index (κ2) is 6.60. The maximum atomic E-state index is 12.6. The van der Waals surface area contributed by atoms with Gasteiger partial charge in [-0.25, -0.2) is 0 Å². The van der Waals surface area contributed by atoms with Crippen molar-refractivity contribution in [2.24, 2.45) is 11.3 Å². The zero-order valence-electron chi connectivity index (χ0n) is 14.7. The van der Waals surface area contributed by atoms with Crippen LogP contribution in [0, 0.1) is 11.3 Å². The second-order valence-corrected chi connectivity index (χ2v) is 7.46. The summed E-state index contributed by atoms with van der Waals surface area (Å²) in [6.45, 7) is 4.17. The summed E-state index contributed by atoms with van der Waals surface area (Å²) in [4.78, 5) is 16.7. The van der Waals surface area contributed by atoms with Gasteiger partial charge in [0.25, 0.3) is 0 Å². The van der Waals surface area contributed by atoms with Gasteiger partial charge >= 0.3 is 0 Å². The van der Waals surface area contributed by atoms with Crippen molar-refractivity contribution in [3.05, 3.63) is 54.4 Å². The lowest BCUT2D eigenvalue weighted by Gasteiger charge is -2.24. The van der Waals surface area contributed by atoms with E-state index in [2.05, 4.69) is 46.8 Å². The zero-order valence-corrected chi connectivity index (χ0v) is 14.7. The maximum absolute atomic E-state index is 12.6. The van der Waals surface area contributed by atoms with Crippen LogP contribution in [0.4, 0.5) is 0 Å². The van der Waals surface area contributed by atoms with E-state index < -0.39 is 0 Å². The van der Waals surface area contributed by atoms with E-state index in [0.29, 0.717) is 5.41 Å². The highest BCUT2D eigenvalue weighted by atomic mass is 16.2. The summed E-state index contributed by atoms with van der Waals surface area (Å²) < 4.78 is 0. The Morgan fingerprint density at radius 1 is 1.12 bits per heavy atom. The number of piperidine rings is 1. The fraction of sp³-hybridized carbons (Fsp3) is 0.429. The number of nitrogens with zero attached hydrogens (tertiary/aromatic N) is 1. The molecule has 0 bridgehead atoms. The number of rotatable bonds is 4. The van der Waals surface area contributed by atoms with E-state index in [4.69, 9.17) is 0 Å². The number of nitrogens with one attached hydrogen (secondary N) is 2. The van der Waals surface area contributed by atoms with Crippen LogP contribution in [0.5, 0.6) is 0 Å². The molecule has 1 aromatic heterocycles. The third-order valence-corrected chi connectivity index (χ3v) is 5.89. The van der Waals surface area contributed by atoms with E-state index in [0.717, 1.165) is 43.5 Å². The first-order valence-electron chi connectivity index (χ1n) is 9.19. The van der Waals surface area contributed by atoms with Gasteiger partial charge in [0.05, 0.1) is 6.04 Å². The van der Waals surface area contributed by atoms with Crippen LogP contribution in [0.2, 0.25) is 0 Å². The predicted molar refractivity (Wildman–Crippen MR) is 98.9 cm³/mol. The Morgan fingerprint density at radius 2 is 1.76 bits per heavy atom. The number of pyridine rings is 1. The second-order valence-electron chi connectivity index (χ2n) is 7.46. The van der Waals surface area contributed by atoms with E-state index >= 15 is 0 Å². The number of benzene rings is 1. The number of hydrogen-bond acceptors (Lipinski definition) is 3. The molecule has 2 N–H and O–H groups in total. The van der Waals surface area contributed by atoms with Gasteiger partial charge in [-0.3, -0.25) is 9.78 Å². The highest BCUT2D eigenvalue weighted by molar-refractivity contribution is 5.83. The molecular formula is C21H25N3O. The molecule has 1 saturated carbocycles. The predicted octanol–water partition coefficient (Wildman–Crippen LogP) is 3.32. The van der Waals surface area contributed by atoms with Gasteiger partial charge in [0.1, 0.15) is 0 Å². The van der Waals surface area contributed by atoms with Crippen LogP contribution >= 0.6 is 0 Å². The average Bonchev–Trinajstić information content (AvgIpc) is 3.36. The van der Waals surface area contributed by atoms with Crippen LogP contribution in [0.15, 0.2) is 48.8 Å². The number of amides is 1. The van der Waals surface area contributed by atoms with Crippen molar-refractivity contribution in [3.63, 3.8) is 0 Å². The van der Waals surface area contributed by atoms with Crippen LogP contribution in [0.1, 0.15) is 37.8 Å². The molecule has 2 heterocycles. The van der Waals surface area contributed by atoms with Crippen molar-refractivity contribution >= 4 is 5.91 Å². The minimum absolute atomic E-state index is 0.0401. The Morgan fingerprint density at radius 3 is 2.44 bits per heavy atom. The van der Waals surface area contributed by atoms with E-state index in [1.165, 1.54) is 5.56 Å². The highest BCUT2D eigenvalue weighted by Gasteiger charge is 2.57. The van der Waals surface area contributed by atoms with Gasteiger partial charge < -0.3 is 10.6 Å². The molecule has 25 heavy (non-hydrogen) atoms. The molecule has 2 atom stereocenters. The molecule has 1 spiro atoms. The minimum Gasteiger partial charge on any atom is -0.349 e. The summed E-state index contributed by atoms with van der Waals surface area (Å²) in [5.41, 5.74) is 3.76. The fourth-order valence-electron chi connectivity index (χ4n) is 4.10. The molecular weight excluding hydrogens is 310 g/mol. The molecule has 2 aromatic rings. The van der Waals surface area contributed by atoms with Crippen LogP contribution in [0.3, 0.4) is 0 Å². The molecule has 1 aromatic carbocycles. The zero-order chi connectivity index (χ0) is 17.3. The van der Waals surface area contributed by atoms with Gasteiger partial charge in [0.15, 0.2) is 0 Å². The van der Waals surface area contributed by atoms with E-state index in [1.54, 1.807) is 12.4 Å². The monoisotopic (exact) mass is 335 g/mol. The minimum atomic E-state index is 0.0401. The quantitative estimate of drug-likeness (QED) is 0.901. The van der Waals surface area contributed by atoms with Gasteiger partial charge in [-0.15, -0.1) is 0 Å². The molecule has 2 aliphatic rings. The third kappa shape index (κ3) is 3.31. The van der Waals surface area contributed by atoms with E-state index in [1.807, 2.05) is 12.1 Å². The smallest absolute Gasteiger partial charge is 0.224 e. The van der Waals surface area contributed by atoms with Crippen molar-refractivity contribution in [1.82, 2.24) is 15.6 Å². The lowest BCUT2D eigenvalue weighted by Crippen LogP contribution is -2.34. The Kier molecular flexibility index (Phi) is 4.30. The molecule has 4 heteroatoms. The van der Waals surface area contributed by atoms with Crippen LogP contribution < -0.4 is 10.6 Å². The molecule has 4 rings (SSSR count). The number of carbonyl (C=O) groups excluding carboxylic acids is 1. The number of aromatic nitrogens is 1. The molecule has 1 amide bonds. The van der Waals surface area contributed by atoms with Gasteiger partial charge in [-0.1, -0.05) is 24.3 Å². The summed E-state index contributed by atoms with van der Waals surface area (Å²) in [5.74, 6) is 0.445. The Hall–Kier alpha value is -2.20. The summed E-state index contributed by atoms with van der Waals surface area (Å²) in [6.07, 6.45) is 6.95. The number of carbonyl (C=O) groups is 1. The molecule has 1 saturated heterocycles. The molecule has 130 valence electrons. The van der Waals surface area contributed by atoms with Gasteiger partial charge in [0.2, 0.25) is 5.91 Å². The Bertz CT molecular complexity index is 735. The molecule has 1 aliphatic heterocycles. The molecule has 2 fully saturated rings. The first-order valence-corrected chi connectivity index (χ1v) is 9.19. The summed E-state index contributed by atoms with van der Waals surface area (Å²) in [6, 6.07) is 12.5. The standard InChI is InChI=1S/C21H25N3O/c1-15(24-20(25)19-14-21(19)8-12-23-13-9-21)16-2-4-17(5-3-16)18-6-10-22-11-7-18/h2-7,10-11,15,19,23H,8-9,12-14H2,1H3,(H,24,25). The third-order valence-electron chi connectivity index (χ3n) is 5.89. The highest BCUT2D eigenvalue weighted by Crippen LogP contribution is 2.58. The first kappa shape index (κ1) is 16.3. The van der Waals surface area contributed by atoms with Gasteiger partial charge in [-0.2, -0.15) is 0 Å². The van der Waals surface area contributed by atoms with Crippen molar-refractivity contribution in [1.29, 1.82) is 0 Å². The molecule has 4 nitrogen and oxygen atoms in total. The topological polar surface area (TPSA) is 54.0 Å². The van der Waals surface area contributed by atoms with Gasteiger partial charge in [-0.05, 0) is 73.5 Å². The Labute approximate surface area is 149 Å². The average molecular weight is 335 g/mol. The first-order chi connectivity index (χ1) is 12.2. The van der Waals surface area contributed by atoms with Crippen molar-refractivity contribution in [2.45, 2.75) is 32.2 Å². The normalized spacial score (nSPS) is 22.4. The van der Waals surface area contributed by atoms with Crippen LogP contribution in [0.25, 0.3) is 11.1 Å². The van der Waals surface area contributed by atoms with Crippen LogP contribution in [-0.2, 0) is 4.79 Å². The van der Waals surface area contributed by atoms with Gasteiger partial charge in [0, 0.05) is 18.3 Å². The summed E-state index contributed by atoms with van der Waals surface area (Å²) in [7, 11) is 0. The van der Waals surface area contributed by atoms with Crippen molar-refractivity contribution < 1.29 is 4.79 Å². The molecule has 1 aliphatic carbocycles. The lowest BCUT2D eigenvalue weighted by molar-refractivity contribution is -0.123. The van der Waals surface area contributed by atoms with Crippen molar-refractivity contribution in [3.8, 4) is 11.1 Å². The summed E-state index contributed by atoms with van der Waals surface area (Å²) in [5, 5.41) is 6.61. The largest absolute Gasteiger partial charge is 0.349 e. The van der Waals surface area contributed by atoms with E-state index in [-0.39, 0.29) is 17.9 Å².